The van der Waals surface area contributed by atoms with Crippen molar-refractivity contribution in [3.8, 4) is 28.4 Å². The monoisotopic (exact) mass is 485 g/mol. The van der Waals surface area contributed by atoms with Gasteiger partial charge in [0, 0.05) is 24.3 Å². The highest BCUT2D eigenvalue weighted by atomic mass is 35.5. The summed E-state index contributed by atoms with van der Waals surface area (Å²) in [5.41, 5.74) is 4.06. The number of ether oxygens (including phenoxy) is 2. The highest BCUT2D eigenvalue weighted by molar-refractivity contribution is 6.33. The molecule has 2 aromatic heterocycles. The van der Waals surface area contributed by atoms with Gasteiger partial charge in [-0.2, -0.15) is 0 Å². The van der Waals surface area contributed by atoms with Crippen LogP contribution in [-0.2, 0) is 4.74 Å². The molecule has 3 heterocycles. The molecule has 1 atom stereocenters. The lowest BCUT2D eigenvalue weighted by Crippen LogP contribution is -2.20. The Balaban J connectivity index is 1.73. The first kappa shape index (κ1) is 24.4. The molecule has 0 aliphatic carbocycles. The minimum atomic E-state index is 0.179. The Hall–Kier alpha value is -2.68. The van der Waals surface area contributed by atoms with E-state index in [1.807, 2.05) is 46.0 Å². The van der Waals surface area contributed by atoms with Crippen LogP contribution in [0.25, 0.3) is 22.6 Å². The number of hydrogen-bond donors (Lipinski definition) is 2. The number of anilines is 1. The van der Waals surface area contributed by atoms with Crippen LogP contribution < -0.4 is 15.4 Å². The van der Waals surface area contributed by atoms with Crippen molar-refractivity contribution in [1.29, 1.82) is 0 Å². The van der Waals surface area contributed by atoms with Gasteiger partial charge in [-0.25, -0.2) is 9.97 Å². The lowest BCUT2D eigenvalue weighted by atomic mass is 10.0. The van der Waals surface area contributed by atoms with E-state index in [0.29, 0.717) is 35.3 Å². The molecule has 8 nitrogen and oxygen atoms in total. The SMILES string of the molecule is CNCCCOc1ccc(Cl)c(-c2nc(NCC3CCCO3)c(C)c(-c3c(C)noc3C)n2)c1. The van der Waals surface area contributed by atoms with Gasteiger partial charge in [0.05, 0.1) is 34.7 Å². The van der Waals surface area contributed by atoms with Gasteiger partial charge < -0.3 is 24.6 Å². The number of nitrogens with zero attached hydrogens (tertiary/aromatic N) is 3. The average Bonchev–Trinajstić information content (AvgIpc) is 3.47. The smallest absolute Gasteiger partial charge is 0.163 e. The normalized spacial score (nSPS) is 15.6. The van der Waals surface area contributed by atoms with Crippen LogP contribution in [0.4, 0.5) is 5.82 Å². The van der Waals surface area contributed by atoms with Crippen molar-refractivity contribution in [2.24, 2.45) is 0 Å². The molecule has 34 heavy (non-hydrogen) atoms. The molecular weight excluding hydrogens is 454 g/mol. The Morgan fingerprint density at radius 2 is 2.06 bits per heavy atom. The van der Waals surface area contributed by atoms with E-state index in [1.54, 1.807) is 0 Å². The third-order valence-electron chi connectivity index (χ3n) is 5.96. The quantitative estimate of drug-likeness (QED) is 0.389. The predicted octanol–water partition coefficient (Wildman–Crippen LogP) is 4.96. The topological polar surface area (TPSA) is 94.3 Å². The third kappa shape index (κ3) is 5.51. The number of aromatic nitrogens is 3. The Kier molecular flexibility index (Phi) is 8.03. The number of rotatable bonds is 10. The first-order valence-corrected chi connectivity index (χ1v) is 12.1. The van der Waals surface area contributed by atoms with E-state index in [-0.39, 0.29) is 6.10 Å². The highest BCUT2D eigenvalue weighted by Gasteiger charge is 2.22. The maximum Gasteiger partial charge on any atom is 0.163 e. The van der Waals surface area contributed by atoms with E-state index < -0.39 is 0 Å². The second kappa shape index (κ2) is 11.2. The highest BCUT2D eigenvalue weighted by Crippen LogP contribution is 2.36. The molecule has 0 spiro atoms. The molecule has 1 aromatic carbocycles. The van der Waals surface area contributed by atoms with Crippen LogP contribution in [0.2, 0.25) is 5.02 Å². The lowest BCUT2D eigenvalue weighted by molar-refractivity contribution is 0.120. The van der Waals surface area contributed by atoms with Crippen molar-refractivity contribution in [3.05, 3.63) is 40.2 Å². The number of benzene rings is 1. The van der Waals surface area contributed by atoms with Gasteiger partial charge in [-0.3, -0.25) is 0 Å². The van der Waals surface area contributed by atoms with Gasteiger partial charge in [-0.05, 0) is 71.8 Å². The van der Waals surface area contributed by atoms with Gasteiger partial charge in [0.15, 0.2) is 5.82 Å². The van der Waals surface area contributed by atoms with E-state index in [9.17, 15) is 0 Å². The van der Waals surface area contributed by atoms with Crippen molar-refractivity contribution in [1.82, 2.24) is 20.4 Å². The summed E-state index contributed by atoms with van der Waals surface area (Å²) in [6, 6.07) is 5.58. The van der Waals surface area contributed by atoms with Crippen LogP contribution in [0.3, 0.4) is 0 Å². The van der Waals surface area contributed by atoms with Crippen LogP contribution >= 0.6 is 11.6 Å². The Bertz CT molecular complexity index is 1110. The molecule has 1 unspecified atom stereocenters. The Labute approximate surface area is 205 Å². The van der Waals surface area contributed by atoms with Crippen LogP contribution in [0.1, 0.15) is 36.3 Å². The molecule has 1 saturated heterocycles. The van der Waals surface area contributed by atoms with Gasteiger partial charge in [0.25, 0.3) is 0 Å². The van der Waals surface area contributed by atoms with Gasteiger partial charge in [-0.1, -0.05) is 16.8 Å². The van der Waals surface area contributed by atoms with Crippen LogP contribution in [0.15, 0.2) is 22.7 Å². The summed E-state index contributed by atoms with van der Waals surface area (Å²) in [6.45, 7) is 8.80. The molecule has 1 fully saturated rings. The van der Waals surface area contributed by atoms with Gasteiger partial charge in [-0.15, -0.1) is 0 Å². The number of nitrogens with one attached hydrogen (secondary N) is 2. The van der Waals surface area contributed by atoms with Crippen LogP contribution in [0, 0.1) is 20.8 Å². The fraction of sp³-hybridized carbons (Fsp3) is 0.480. The maximum absolute atomic E-state index is 6.61. The molecule has 2 N–H and O–H groups in total. The number of halogens is 1. The first-order chi connectivity index (χ1) is 16.5. The zero-order valence-corrected chi connectivity index (χ0v) is 21.0. The molecule has 1 aliphatic rings. The standard InChI is InChI=1S/C25H32ClN5O3/c1-15-23(22-16(2)31-34-17(22)3)29-25(30-24(15)28-14-19-7-5-11-33-19)20-13-18(8-9-21(20)26)32-12-6-10-27-4/h8-9,13,19,27H,5-7,10-12,14H2,1-4H3,(H,28,29,30). The summed E-state index contributed by atoms with van der Waals surface area (Å²) in [7, 11) is 1.93. The number of aryl methyl sites for hydroxylation is 2. The van der Waals surface area contributed by atoms with E-state index in [0.717, 1.165) is 66.5 Å². The van der Waals surface area contributed by atoms with Crippen molar-refractivity contribution in [2.75, 3.05) is 38.7 Å². The molecule has 9 heteroatoms. The molecule has 0 bridgehead atoms. The minimum Gasteiger partial charge on any atom is -0.494 e. The van der Waals surface area contributed by atoms with E-state index in [4.69, 9.17) is 35.6 Å². The molecule has 0 radical (unpaired) electrons. The lowest BCUT2D eigenvalue weighted by Gasteiger charge is -2.17. The fourth-order valence-corrected chi connectivity index (χ4v) is 4.30. The van der Waals surface area contributed by atoms with Gasteiger partial charge >= 0.3 is 0 Å². The summed E-state index contributed by atoms with van der Waals surface area (Å²) in [5.74, 6) is 2.70. The van der Waals surface area contributed by atoms with Gasteiger partial charge in [0.2, 0.25) is 0 Å². The molecule has 182 valence electrons. The van der Waals surface area contributed by atoms with E-state index in [2.05, 4.69) is 15.8 Å². The van der Waals surface area contributed by atoms with E-state index in [1.165, 1.54) is 0 Å². The summed E-state index contributed by atoms with van der Waals surface area (Å²) in [5, 5.41) is 11.3. The van der Waals surface area contributed by atoms with E-state index >= 15 is 0 Å². The third-order valence-corrected chi connectivity index (χ3v) is 6.29. The van der Waals surface area contributed by atoms with Crippen LogP contribution in [-0.4, -0.2) is 54.6 Å². The largest absolute Gasteiger partial charge is 0.494 e. The van der Waals surface area contributed by atoms with Crippen molar-refractivity contribution >= 4 is 17.4 Å². The maximum atomic E-state index is 6.61. The molecule has 0 saturated carbocycles. The second-order valence-electron chi connectivity index (χ2n) is 8.53. The summed E-state index contributed by atoms with van der Waals surface area (Å²) in [6.07, 6.45) is 3.21. The average molecular weight is 486 g/mol. The van der Waals surface area contributed by atoms with Crippen molar-refractivity contribution < 1.29 is 14.0 Å². The molecule has 4 rings (SSSR count). The molecule has 1 aliphatic heterocycles. The number of hydrogen-bond acceptors (Lipinski definition) is 8. The minimum absolute atomic E-state index is 0.179. The first-order valence-electron chi connectivity index (χ1n) is 11.7. The zero-order chi connectivity index (χ0) is 24.1. The van der Waals surface area contributed by atoms with Gasteiger partial charge in [0.1, 0.15) is 17.3 Å². The zero-order valence-electron chi connectivity index (χ0n) is 20.2. The molecular formula is C25H32ClN5O3. The van der Waals surface area contributed by atoms with Crippen molar-refractivity contribution in [2.45, 2.75) is 46.1 Å². The molecule has 3 aromatic rings. The molecule has 0 amide bonds. The van der Waals surface area contributed by atoms with Crippen LogP contribution in [0.5, 0.6) is 5.75 Å². The summed E-state index contributed by atoms with van der Waals surface area (Å²) >= 11 is 6.61. The Morgan fingerprint density at radius 3 is 2.76 bits per heavy atom. The summed E-state index contributed by atoms with van der Waals surface area (Å²) in [4.78, 5) is 9.79. The second-order valence-corrected chi connectivity index (χ2v) is 8.94. The summed E-state index contributed by atoms with van der Waals surface area (Å²) < 4.78 is 17.1. The Morgan fingerprint density at radius 1 is 1.21 bits per heavy atom. The fourth-order valence-electron chi connectivity index (χ4n) is 4.09. The van der Waals surface area contributed by atoms with Crippen molar-refractivity contribution in [3.63, 3.8) is 0 Å². The predicted molar refractivity (Wildman–Crippen MR) is 134 cm³/mol.